The molecule has 5 rings (SSSR count). The van der Waals surface area contributed by atoms with Crippen molar-refractivity contribution in [3.63, 3.8) is 0 Å². The second kappa shape index (κ2) is 10.9. The second-order valence-electron chi connectivity index (χ2n) is 8.09. The first kappa shape index (κ1) is 24.7. The number of hydrogen-bond acceptors (Lipinski definition) is 6. The summed E-state index contributed by atoms with van der Waals surface area (Å²) >= 11 is 6.27. The first-order valence-corrected chi connectivity index (χ1v) is 12.9. The van der Waals surface area contributed by atoms with Crippen LogP contribution in [0, 0.1) is 0 Å². The first-order valence-electron chi connectivity index (χ1n) is 11.4. The molecule has 9 heteroatoms. The van der Waals surface area contributed by atoms with Crippen LogP contribution >= 0.6 is 11.6 Å². The molecular weight excluding hydrogens is 508 g/mol. The fraction of sp³-hybridized carbons (Fsp3) is 0.107. The van der Waals surface area contributed by atoms with E-state index in [0.29, 0.717) is 28.0 Å². The molecule has 186 valence electrons. The van der Waals surface area contributed by atoms with Crippen molar-refractivity contribution in [3.05, 3.63) is 102 Å². The Labute approximate surface area is 222 Å². The Bertz CT molecular complexity index is 1570. The van der Waals surface area contributed by atoms with Gasteiger partial charge < -0.3 is 9.47 Å². The molecule has 7 nitrogen and oxygen atoms in total. The number of hydrogen-bond donors (Lipinski definition) is 0. The van der Waals surface area contributed by atoms with Gasteiger partial charge in [0.05, 0.1) is 31.4 Å². The minimum Gasteiger partial charge on any atom is -0.497 e. The van der Waals surface area contributed by atoms with Crippen molar-refractivity contribution in [2.45, 2.75) is 11.4 Å². The first-order chi connectivity index (χ1) is 18.1. The highest BCUT2D eigenvalue weighted by Gasteiger charge is 2.20. The molecule has 0 N–H and O–H groups in total. The van der Waals surface area contributed by atoms with Crippen molar-refractivity contribution >= 4 is 39.2 Å². The number of benzene rings is 3. The molecule has 5 aromatic rings. The molecule has 0 aliphatic rings. The maximum absolute atomic E-state index is 13.9. The Hall–Kier alpha value is -4.01. The largest absolute Gasteiger partial charge is 0.497 e. The summed E-state index contributed by atoms with van der Waals surface area (Å²) in [6.45, 7) is 0.382. The molecule has 0 fully saturated rings. The van der Waals surface area contributed by atoms with Crippen LogP contribution in [0.5, 0.6) is 11.5 Å². The lowest BCUT2D eigenvalue weighted by Crippen LogP contribution is -2.26. The Morgan fingerprint density at radius 1 is 0.892 bits per heavy atom. The smallest absolute Gasteiger partial charge is 0.154 e. The van der Waals surface area contributed by atoms with Crippen molar-refractivity contribution in [1.29, 1.82) is 0 Å². The molecule has 0 aliphatic carbocycles. The number of rotatable bonds is 8. The SMILES string of the molecule is COc1ccc(CN(c2ccncn2)S(=O)c2ccc3c(-c4cc(Cl)ccc4OC)nccc3c2)cc1. The molecule has 1 atom stereocenters. The van der Waals surface area contributed by atoms with Gasteiger partial charge in [0.15, 0.2) is 11.0 Å². The van der Waals surface area contributed by atoms with Gasteiger partial charge in [0, 0.05) is 28.4 Å². The van der Waals surface area contributed by atoms with Crippen molar-refractivity contribution in [2.75, 3.05) is 18.5 Å². The van der Waals surface area contributed by atoms with Crippen LogP contribution in [0.1, 0.15) is 5.56 Å². The third-order valence-corrected chi connectivity index (χ3v) is 7.47. The van der Waals surface area contributed by atoms with Gasteiger partial charge in [-0.3, -0.25) is 9.29 Å². The fourth-order valence-electron chi connectivity index (χ4n) is 4.02. The van der Waals surface area contributed by atoms with Gasteiger partial charge in [-0.1, -0.05) is 29.8 Å². The van der Waals surface area contributed by atoms with Gasteiger partial charge in [0.2, 0.25) is 0 Å². The molecule has 2 heterocycles. The van der Waals surface area contributed by atoms with Crippen LogP contribution in [-0.2, 0) is 17.5 Å². The van der Waals surface area contributed by atoms with E-state index < -0.39 is 11.0 Å². The van der Waals surface area contributed by atoms with Crippen LogP contribution in [0.2, 0.25) is 5.02 Å². The molecule has 1 unspecified atom stereocenters. The van der Waals surface area contributed by atoms with Crippen LogP contribution in [0.25, 0.3) is 22.0 Å². The summed E-state index contributed by atoms with van der Waals surface area (Å²) in [6, 6.07) is 22.4. The van der Waals surface area contributed by atoms with Gasteiger partial charge in [-0.05, 0) is 65.5 Å². The van der Waals surface area contributed by atoms with E-state index in [1.54, 1.807) is 43.1 Å². The second-order valence-corrected chi connectivity index (χ2v) is 9.94. The number of pyridine rings is 1. The zero-order chi connectivity index (χ0) is 25.8. The molecular formula is C28H23ClN4O3S. The molecule has 2 aromatic heterocycles. The third-order valence-electron chi connectivity index (χ3n) is 5.86. The predicted octanol–water partition coefficient (Wildman–Crippen LogP) is 6.09. The predicted molar refractivity (Wildman–Crippen MR) is 146 cm³/mol. The maximum atomic E-state index is 13.9. The summed E-state index contributed by atoms with van der Waals surface area (Å²) in [4.78, 5) is 13.6. The zero-order valence-corrected chi connectivity index (χ0v) is 21.7. The quantitative estimate of drug-likeness (QED) is 0.241. The Morgan fingerprint density at radius 3 is 2.46 bits per heavy atom. The van der Waals surface area contributed by atoms with Gasteiger partial charge in [-0.2, -0.15) is 0 Å². The summed E-state index contributed by atoms with van der Waals surface area (Å²) in [5.74, 6) is 1.99. The summed E-state index contributed by atoms with van der Waals surface area (Å²) in [5, 5.41) is 2.38. The van der Waals surface area contributed by atoms with Gasteiger partial charge in [0.1, 0.15) is 23.6 Å². The molecule has 0 amide bonds. The number of fused-ring (bicyclic) bond motifs is 1. The van der Waals surface area contributed by atoms with Crippen LogP contribution in [0.15, 0.2) is 96.4 Å². The van der Waals surface area contributed by atoms with Gasteiger partial charge >= 0.3 is 0 Å². The van der Waals surface area contributed by atoms with Crippen molar-refractivity contribution < 1.29 is 13.7 Å². The van der Waals surface area contributed by atoms with E-state index in [1.807, 2.05) is 60.7 Å². The van der Waals surface area contributed by atoms with Crippen LogP contribution < -0.4 is 13.8 Å². The summed E-state index contributed by atoms with van der Waals surface area (Å²) in [6.07, 6.45) is 4.81. The summed E-state index contributed by atoms with van der Waals surface area (Å²) in [5.41, 5.74) is 2.49. The van der Waals surface area contributed by atoms with E-state index in [4.69, 9.17) is 21.1 Å². The maximum Gasteiger partial charge on any atom is 0.154 e. The third kappa shape index (κ3) is 5.26. The number of nitrogens with zero attached hydrogens (tertiary/aromatic N) is 4. The van der Waals surface area contributed by atoms with E-state index >= 15 is 0 Å². The van der Waals surface area contributed by atoms with E-state index in [1.165, 1.54) is 6.33 Å². The molecule has 37 heavy (non-hydrogen) atoms. The van der Waals surface area contributed by atoms with Crippen molar-refractivity contribution in [1.82, 2.24) is 15.0 Å². The zero-order valence-electron chi connectivity index (χ0n) is 20.2. The monoisotopic (exact) mass is 530 g/mol. The highest BCUT2D eigenvalue weighted by atomic mass is 35.5. The Morgan fingerprint density at radius 2 is 1.73 bits per heavy atom. The van der Waals surface area contributed by atoms with Crippen molar-refractivity contribution in [3.8, 4) is 22.8 Å². The van der Waals surface area contributed by atoms with Crippen LogP contribution in [0.4, 0.5) is 5.82 Å². The summed E-state index contributed by atoms with van der Waals surface area (Å²) in [7, 11) is 1.69. The van der Waals surface area contributed by atoms with Gasteiger partial charge in [-0.15, -0.1) is 0 Å². The van der Waals surface area contributed by atoms with Gasteiger partial charge in [-0.25, -0.2) is 14.2 Å². The number of methoxy groups -OCH3 is 2. The minimum absolute atomic E-state index is 0.382. The lowest BCUT2D eigenvalue weighted by atomic mass is 10.0. The van der Waals surface area contributed by atoms with E-state index in [0.717, 1.165) is 33.3 Å². The number of halogens is 1. The van der Waals surface area contributed by atoms with Crippen LogP contribution in [-0.4, -0.2) is 33.4 Å². The Kier molecular flexibility index (Phi) is 7.30. The lowest BCUT2D eigenvalue weighted by Gasteiger charge is -2.23. The topological polar surface area (TPSA) is 77.4 Å². The average Bonchev–Trinajstić information content (AvgIpc) is 2.95. The highest BCUT2D eigenvalue weighted by Crippen LogP contribution is 2.36. The molecule has 0 bridgehead atoms. The van der Waals surface area contributed by atoms with E-state index in [-0.39, 0.29) is 0 Å². The molecule has 0 saturated carbocycles. The van der Waals surface area contributed by atoms with Crippen LogP contribution in [0.3, 0.4) is 0 Å². The molecule has 0 saturated heterocycles. The Balaban J connectivity index is 1.54. The van der Waals surface area contributed by atoms with E-state index in [9.17, 15) is 4.21 Å². The number of anilines is 1. The summed E-state index contributed by atoms with van der Waals surface area (Å²) < 4.78 is 26.5. The van der Waals surface area contributed by atoms with Gasteiger partial charge in [0.25, 0.3) is 0 Å². The molecule has 3 aromatic carbocycles. The molecule has 0 aliphatic heterocycles. The number of ether oxygens (including phenoxy) is 2. The van der Waals surface area contributed by atoms with Crippen molar-refractivity contribution in [2.24, 2.45) is 0 Å². The fourth-order valence-corrected chi connectivity index (χ4v) is 5.41. The average molecular weight is 531 g/mol. The highest BCUT2D eigenvalue weighted by molar-refractivity contribution is 7.86. The standard InChI is InChI=1S/C28H23ClN4O3S/c1-35-22-6-3-19(4-7-22)17-33(27-12-13-30-18-32-27)37(34)23-8-9-24-20(15-23)11-14-31-28(24)25-16-21(29)5-10-26(25)36-2/h3-16,18H,17H2,1-2H3. The normalized spacial score (nSPS) is 11.8. The minimum atomic E-state index is -1.55. The van der Waals surface area contributed by atoms with E-state index in [2.05, 4.69) is 15.0 Å². The number of aromatic nitrogens is 3. The molecule has 0 radical (unpaired) electrons. The molecule has 0 spiro atoms. The lowest BCUT2D eigenvalue weighted by molar-refractivity contribution is 0.414.